The second-order valence-electron chi connectivity index (χ2n) is 1.56. The van der Waals surface area contributed by atoms with E-state index in [2.05, 4.69) is 0 Å². The zero-order chi connectivity index (χ0) is 6.41. The van der Waals surface area contributed by atoms with Crippen molar-refractivity contribution in [3.8, 4) is 0 Å². The van der Waals surface area contributed by atoms with E-state index in [9.17, 15) is 4.79 Å². The highest BCUT2D eigenvalue weighted by Gasteiger charge is 1.95. The van der Waals surface area contributed by atoms with E-state index in [1.54, 1.807) is 0 Å². The van der Waals surface area contributed by atoms with Crippen molar-refractivity contribution in [2.24, 2.45) is 0 Å². The van der Waals surface area contributed by atoms with Crippen molar-refractivity contribution < 1.29 is 4.79 Å². The average Bonchev–Trinajstić information content (AvgIpc) is 1.68. The van der Waals surface area contributed by atoms with E-state index in [0.717, 1.165) is 18.6 Å². The lowest BCUT2D eigenvalue weighted by Crippen LogP contribution is -1.88. The van der Waals surface area contributed by atoms with Gasteiger partial charge in [0.25, 0.3) is 0 Å². The first-order valence-electron chi connectivity index (χ1n) is 2.96. The van der Waals surface area contributed by atoms with Crippen LogP contribution in [0.25, 0.3) is 0 Å². The van der Waals surface area contributed by atoms with Gasteiger partial charge in [-0.2, -0.15) is 0 Å². The summed E-state index contributed by atoms with van der Waals surface area (Å²) >= 11 is 1.42. The normalized spacial score (nSPS) is 9.25. The summed E-state index contributed by atoms with van der Waals surface area (Å²) in [6, 6.07) is 0. The van der Waals surface area contributed by atoms with Crippen molar-refractivity contribution in [3.05, 3.63) is 0 Å². The van der Waals surface area contributed by atoms with Crippen LogP contribution >= 0.6 is 11.8 Å². The van der Waals surface area contributed by atoms with Crippen LogP contribution in [0, 0.1) is 0 Å². The highest BCUT2D eigenvalue weighted by molar-refractivity contribution is 8.13. The van der Waals surface area contributed by atoms with Gasteiger partial charge in [-0.1, -0.05) is 25.6 Å². The van der Waals surface area contributed by atoms with E-state index in [0.29, 0.717) is 5.12 Å². The molecule has 0 aliphatic heterocycles. The maximum Gasteiger partial charge on any atom is 0.188 e. The number of hydrogen-bond acceptors (Lipinski definition) is 2. The molecule has 0 N–H and O–H groups in total. The second-order valence-corrected chi connectivity index (χ2v) is 2.88. The maximum absolute atomic E-state index is 10.6. The molecule has 0 atom stereocenters. The highest BCUT2D eigenvalue weighted by Crippen LogP contribution is 2.04. The Kier molecular flexibility index (Phi) is 5.18. The van der Waals surface area contributed by atoms with Gasteiger partial charge in [0.15, 0.2) is 5.12 Å². The first-order chi connectivity index (χ1) is 3.81. The van der Waals surface area contributed by atoms with Gasteiger partial charge in [0, 0.05) is 6.42 Å². The van der Waals surface area contributed by atoms with Crippen LogP contribution in [0.5, 0.6) is 0 Å². The molecule has 0 saturated heterocycles. The SMILES string of the molecule is CCCC(=O)SCC. The van der Waals surface area contributed by atoms with Crippen LogP contribution in [0.4, 0.5) is 0 Å². The van der Waals surface area contributed by atoms with Crippen molar-refractivity contribution in [2.75, 3.05) is 5.75 Å². The van der Waals surface area contributed by atoms with Gasteiger partial charge in [0.05, 0.1) is 0 Å². The Morgan fingerprint density at radius 2 is 2.12 bits per heavy atom. The molecule has 0 amide bonds. The highest BCUT2D eigenvalue weighted by atomic mass is 32.2. The molecule has 8 heavy (non-hydrogen) atoms. The molecule has 0 heterocycles. The monoisotopic (exact) mass is 132 g/mol. The van der Waals surface area contributed by atoms with Gasteiger partial charge in [-0.3, -0.25) is 4.79 Å². The van der Waals surface area contributed by atoms with Gasteiger partial charge < -0.3 is 0 Å². The molecular weight excluding hydrogens is 120 g/mol. The van der Waals surface area contributed by atoms with E-state index in [4.69, 9.17) is 0 Å². The first kappa shape index (κ1) is 8.02. The van der Waals surface area contributed by atoms with Crippen molar-refractivity contribution in [3.63, 3.8) is 0 Å². The molecule has 0 aromatic heterocycles. The lowest BCUT2D eigenvalue weighted by atomic mass is 10.4. The van der Waals surface area contributed by atoms with Crippen molar-refractivity contribution >= 4 is 16.9 Å². The molecule has 0 radical (unpaired) electrons. The molecule has 0 aromatic rings. The number of hydrogen-bond donors (Lipinski definition) is 0. The molecule has 0 bridgehead atoms. The van der Waals surface area contributed by atoms with E-state index in [-0.39, 0.29) is 0 Å². The Morgan fingerprint density at radius 3 is 2.50 bits per heavy atom. The van der Waals surface area contributed by atoms with Crippen molar-refractivity contribution in [2.45, 2.75) is 26.7 Å². The molecule has 0 unspecified atom stereocenters. The minimum absolute atomic E-state index is 0.329. The Labute approximate surface area is 54.8 Å². The zero-order valence-corrected chi connectivity index (χ0v) is 6.25. The van der Waals surface area contributed by atoms with Gasteiger partial charge >= 0.3 is 0 Å². The van der Waals surface area contributed by atoms with Crippen LogP contribution in [0.3, 0.4) is 0 Å². The summed E-state index contributed by atoms with van der Waals surface area (Å²) in [4.78, 5) is 10.6. The smallest absolute Gasteiger partial charge is 0.188 e. The summed E-state index contributed by atoms with van der Waals surface area (Å²) in [6.07, 6.45) is 1.71. The van der Waals surface area contributed by atoms with Gasteiger partial charge in [-0.15, -0.1) is 0 Å². The predicted molar refractivity (Wildman–Crippen MR) is 38.0 cm³/mol. The summed E-state index contributed by atoms with van der Waals surface area (Å²) in [5.74, 6) is 0.916. The first-order valence-corrected chi connectivity index (χ1v) is 3.95. The van der Waals surface area contributed by atoms with Crippen LogP contribution in [-0.2, 0) is 4.79 Å². The largest absolute Gasteiger partial charge is 0.287 e. The molecule has 0 aliphatic rings. The van der Waals surface area contributed by atoms with Gasteiger partial charge in [-0.25, -0.2) is 0 Å². The van der Waals surface area contributed by atoms with E-state index in [1.807, 2.05) is 13.8 Å². The van der Waals surface area contributed by atoms with Gasteiger partial charge in [0.2, 0.25) is 0 Å². The molecular formula is C6H12OS. The minimum Gasteiger partial charge on any atom is -0.287 e. The Hall–Kier alpha value is 0.0200. The average molecular weight is 132 g/mol. The molecule has 0 rings (SSSR count). The molecule has 0 saturated carbocycles. The number of carbonyl (C=O) groups excluding carboxylic acids is 1. The molecule has 0 aliphatic carbocycles. The fraction of sp³-hybridized carbons (Fsp3) is 0.833. The lowest BCUT2D eigenvalue weighted by molar-refractivity contribution is -0.111. The molecule has 48 valence electrons. The third-order valence-electron chi connectivity index (χ3n) is 0.759. The van der Waals surface area contributed by atoms with E-state index in [1.165, 1.54) is 11.8 Å². The zero-order valence-electron chi connectivity index (χ0n) is 5.44. The van der Waals surface area contributed by atoms with Crippen molar-refractivity contribution in [1.82, 2.24) is 0 Å². The van der Waals surface area contributed by atoms with Crippen LogP contribution < -0.4 is 0 Å². The third kappa shape index (κ3) is 4.19. The van der Waals surface area contributed by atoms with Crippen molar-refractivity contribution in [1.29, 1.82) is 0 Å². The molecule has 0 fully saturated rings. The summed E-state index contributed by atoms with van der Waals surface area (Å²) in [7, 11) is 0. The Morgan fingerprint density at radius 1 is 1.50 bits per heavy atom. The Bertz CT molecular complexity index is 62.9. The van der Waals surface area contributed by atoms with Gasteiger partial charge in [-0.05, 0) is 12.2 Å². The maximum atomic E-state index is 10.6. The third-order valence-corrected chi connectivity index (χ3v) is 1.57. The standard InChI is InChI=1S/C6H12OS/c1-3-5-6(7)8-4-2/h3-5H2,1-2H3. The van der Waals surface area contributed by atoms with Crippen LogP contribution in [0.15, 0.2) is 0 Å². The Balaban J connectivity index is 3.06. The fourth-order valence-electron chi connectivity index (χ4n) is 0.437. The van der Waals surface area contributed by atoms with E-state index < -0.39 is 0 Å². The second kappa shape index (κ2) is 5.16. The predicted octanol–water partition coefficient (Wildman–Crippen LogP) is 2.07. The summed E-state index contributed by atoms with van der Waals surface area (Å²) < 4.78 is 0. The van der Waals surface area contributed by atoms with Gasteiger partial charge in [0.1, 0.15) is 0 Å². The topological polar surface area (TPSA) is 17.1 Å². The molecule has 0 aromatic carbocycles. The van der Waals surface area contributed by atoms with Crippen LogP contribution in [0.2, 0.25) is 0 Å². The summed E-state index contributed by atoms with van der Waals surface area (Å²) in [5.41, 5.74) is 0. The minimum atomic E-state index is 0.329. The van der Waals surface area contributed by atoms with Crippen LogP contribution in [0.1, 0.15) is 26.7 Å². The summed E-state index contributed by atoms with van der Waals surface area (Å²) in [5, 5.41) is 0.329. The molecule has 2 heteroatoms. The van der Waals surface area contributed by atoms with E-state index >= 15 is 0 Å². The number of rotatable bonds is 3. The number of carbonyl (C=O) groups is 1. The summed E-state index contributed by atoms with van der Waals surface area (Å²) in [6.45, 7) is 4.02. The fourth-order valence-corrected chi connectivity index (χ4v) is 1.11. The molecule has 0 spiro atoms. The lowest BCUT2D eigenvalue weighted by Gasteiger charge is -1.90. The molecule has 1 nitrogen and oxygen atoms in total. The van der Waals surface area contributed by atoms with Crippen LogP contribution in [-0.4, -0.2) is 10.9 Å². The number of thioether (sulfide) groups is 1. The quantitative estimate of drug-likeness (QED) is 0.584.